The topological polar surface area (TPSA) is 46.3 Å². The molecule has 0 saturated carbocycles. The molecule has 1 heterocycles. The summed E-state index contributed by atoms with van der Waals surface area (Å²) in [4.78, 5) is 13.4. The van der Waals surface area contributed by atoms with Gasteiger partial charge in [-0.05, 0) is 33.2 Å². The second kappa shape index (κ2) is 3.05. The van der Waals surface area contributed by atoms with Crippen LogP contribution in [0.4, 0.5) is 0 Å². The van der Waals surface area contributed by atoms with Crippen LogP contribution >= 0.6 is 0 Å². The summed E-state index contributed by atoms with van der Waals surface area (Å²) in [6.45, 7) is 7.63. The molecule has 0 aliphatic carbocycles. The molecule has 1 rings (SSSR count). The number of carbonyl (C=O) groups excluding carboxylic acids is 1. The zero-order valence-corrected chi connectivity index (χ0v) is 8.13. The number of likely N-dealkylation sites (tertiary alicyclic amines) is 1. The highest BCUT2D eigenvalue weighted by molar-refractivity contribution is 5.79. The zero-order valence-electron chi connectivity index (χ0n) is 8.13. The number of hydrogen-bond acceptors (Lipinski definition) is 2. The van der Waals surface area contributed by atoms with E-state index in [2.05, 4.69) is 20.8 Å². The third-order valence-corrected chi connectivity index (χ3v) is 2.35. The Morgan fingerprint density at radius 1 is 1.58 bits per heavy atom. The van der Waals surface area contributed by atoms with E-state index in [1.54, 1.807) is 0 Å². The van der Waals surface area contributed by atoms with Gasteiger partial charge in [0.25, 0.3) is 0 Å². The lowest BCUT2D eigenvalue weighted by Crippen LogP contribution is -2.42. The fourth-order valence-corrected chi connectivity index (χ4v) is 1.59. The van der Waals surface area contributed by atoms with E-state index in [4.69, 9.17) is 5.73 Å². The molecule has 1 aliphatic rings. The predicted octanol–water partition coefficient (Wildman–Crippen LogP) is 0.592. The van der Waals surface area contributed by atoms with E-state index in [1.165, 1.54) is 0 Å². The van der Waals surface area contributed by atoms with Gasteiger partial charge in [-0.15, -0.1) is 0 Å². The van der Waals surface area contributed by atoms with Gasteiger partial charge in [-0.3, -0.25) is 4.79 Å². The average Bonchev–Trinajstić information content (AvgIpc) is 2.29. The van der Waals surface area contributed by atoms with Crippen LogP contribution in [0.2, 0.25) is 0 Å². The molecule has 2 N–H and O–H groups in total. The third kappa shape index (κ3) is 1.78. The Labute approximate surface area is 73.9 Å². The molecule has 0 bridgehead atoms. The smallest absolute Gasteiger partial charge is 0.223 e. The number of carbonyl (C=O) groups is 1. The van der Waals surface area contributed by atoms with Crippen molar-refractivity contribution in [3.63, 3.8) is 0 Å². The molecule has 1 atom stereocenters. The van der Waals surface area contributed by atoms with Gasteiger partial charge in [-0.2, -0.15) is 0 Å². The SMILES string of the molecule is CC(C)(C)N1C[C@H](CN)CC1=O. The minimum Gasteiger partial charge on any atom is -0.338 e. The highest BCUT2D eigenvalue weighted by atomic mass is 16.2. The van der Waals surface area contributed by atoms with Crippen molar-refractivity contribution < 1.29 is 4.79 Å². The van der Waals surface area contributed by atoms with Crippen LogP contribution < -0.4 is 5.73 Å². The van der Waals surface area contributed by atoms with E-state index in [0.717, 1.165) is 6.54 Å². The quantitative estimate of drug-likeness (QED) is 0.626. The monoisotopic (exact) mass is 170 g/mol. The lowest BCUT2D eigenvalue weighted by molar-refractivity contribution is -0.131. The van der Waals surface area contributed by atoms with Crippen molar-refractivity contribution in [2.45, 2.75) is 32.7 Å². The lowest BCUT2D eigenvalue weighted by Gasteiger charge is -2.32. The summed E-state index contributed by atoms with van der Waals surface area (Å²) in [6.07, 6.45) is 0.633. The lowest BCUT2D eigenvalue weighted by atomic mass is 10.1. The number of nitrogens with two attached hydrogens (primary N) is 1. The maximum Gasteiger partial charge on any atom is 0.223 e. The minimum absolute atomic E-state index is 0.0407. The molecule has 0 aromatic rings. The second-order valence-corrected chi connectivity index (χ2v) is 4.48. The van der Waals surface area contributed by atoms with Crippen molar-refractivity contribution in [3.8, 4) is 0 Å². The van der Waals surface area contributed by atoms with Crippen LogP contribution in [-0.2, 0) is 4.79 Å². The van der Waals surface area contributed by atoms with Crippen molar-refractivity contribution in [2.75, 3.05) is 13.1 Å². The molecular weight excluding hydrogens is 152 g/mol. The molecule has 1 saturated heterocycles. The van der Waals surface area contributed by atoms with Crippen LogP contribution in [0.5, 0.6) is 0 Å². The minimum atomic E-state index is -0.0407. The molecule has 70 valence electrons. The van der Waals surface area contributed by atoms with Gasteiger partial charge in [0.2, 0.25) is 5.91 Å². The Morgan fingerprint density at radius 2 is 2.17 bits per heavy atom. The van der Waals surface area contributed by atoms with Gasteiger partial charge in [0, 0.05) is 18.5 Å². The third-order valence-electron chi connectivity index (χ3n) is 2.35. The van der Waals surface area contributed by atoms with Gasteiger partial charge in [-0.1, -0.05) is 0 Å². The Morgan fingerprint density at radius 3 is 2.42 bits per heavy atom. The van der Waals surface area contributed by atoms with Crippen LogP contribution in [0.25, 0.3) is 0 Å². The molecule has 0 unspecified atom stereocenters. The van der Waals surface area contributed by atoms with Gasteiger partial charge in [-0.25, -0.2) is 0 Å². The summed E-state index contributed by atoms with van der Waals surface area (Å²) >= 11 is 0. The van der Waals surface area contributed by atoms with Gasteiger partial charge in [0.05, 0.1) is 0 Å². The van der Waals surface area contributed by atoms with Crippen LogP contribution in [0.15, 0.2) is 0 Å². The fraction of sp³-hybridized carbons (Fsp3) is 0.889. The van der Waals surface area contributed by atoms with E-state index in [1.807, 2.05) is 4.90 Å². The molecule has 3 heteroatoms. The normalized spacial score (nSPS) is 25.2. The highest BCUT2D eigenvalue weighted by Crippen LogP contribution is 2.24. The van der Waals surface area contributed by atoms with Crippen molar-refractivity contribution in [1.29, 1.82) is 0 Å². The molecule has 1 fully saturated rings. The number of hydrogen-bond donors (Lipinski definition) is 1. The summed E-state index contributed by atoms with van der Waals surface area (Å²) in [5, 5.41) is 0. The van der Waals surface area contributed by atoms with Gasteiger partial charge < -0.3 is 10.6 Å². The van der Waals surface area contributed by atoms with E-state index in [9.17, 15) is 4.79 Å². The first kappa shape index (κ1) is 9.52. The summed E-state index contributed by atoms with van der Waals surface area (Å²) < 4.78 is 0. The Hall–Kier alpha value is -0.570. The molecule has 0 aromatic heterocycles. The van der Waals surface area contributed by atoms with E-state index in [0.29, 0.717) is 18.9 Å². The maximum atomic E-state index is 11.5. The van der Waals surface area contributed by atoms with Crippen molar-refractivity contribution >= 4 is 5.91 Å². The summed E-state index contributed by atoms with van der Waals surface area (Å²) in [7, 11) is 0. The highest BCUT2D eigenvalue weighted by Gasteiger charge is 2.35. The molecule has 0 spiro atoms. The molecule has 0 aromatic carbocycles. The summed E-state index contributed by atoms with van der Waals surface area (Å²) in [5.41, 5.74) is 5.48. The Kier molecular flexibility index (Phi) is 2.42. The van der Waals surface area contributed by atoms with Crippen molar-refractivity contribution in [3.05, 3.63) is 0 Å². The second-order valence-electron chi connectivity index (χ2n) is 4.48. The molecule has 3 nitrogen and oxygen atoms in total. The van der Waals surface area contributed by atoms with Crippen LogP contribution in [0.3, 0.4) is 0 Å². The zero-order chi connectivity index (χ0) is 9.35. The maximum absolute atomic E-state index is 11.5. The van der Waals surface area contributed by atoms with Crippen molar-refractivity contribution in [1.82, 2.24) is 4.90 Å². The van der Waals surface area contributed by atoms with Crippen LogP contribution in [-0.4, -0.2) is 29.4 Å². The summed E-state index contributed by atoms with van der Waals surface area (Å²) in [5.74, 6) is 0.620. The van der Waals surface area contributed by atoms with E-state index >= 15 is 0 Å². The molecule has 1 aliphatic heterocycles. The average molecular weight is 170 g/mol. The van der Waals surface area contributed by atoms with Crippen LogP contribution in [0.1, 0.15) is 27.2 Å². The van der Waals surface area contributed by atoms with Gasteiger partial charge >= 0.3 is 0 Å². The largest absolute Gasteiger partial charge is 0.338 e. The summed E-state index contributed by atoms with van der Waals surface area (Å²) in [6, 6.07) is 0. The molecule has 12 heavy (non-hydrogen) atoms. The number of rotatable bonds is 1. The Balaban J connectivity index is 2.64. The van der Waals surface area contributed by atoms with Crippen LogP contribution in [0, 0.1) is 5.92 Å². The fourth-order valence-electron chi connectivity index (χ4n) is 1.59. The Bertz CT molecular complexity index is 183. The van der Waals surface area contributed by atoms with Gasteiger partial charge in [0.1, 0.15) is 0 Å². The first-order chi connectivity index (χ1) is 5.45. The predicted molar refractivity (Wildman–Crippen MR) is 48.6 cm³/mol. The van der Waals surface area contributed by atoms with E-state index in [-0.39, 0.29) is 11.4 Å². The van der Waals surface area contributed by atoms with Crippen molar-refractivity contribution in [2.24, 2.45) is 11.7 Å². The van der Waals surface area contributed by atoms with E-state index < -0.39 is 0 Å². The number of nitrogens with zero attached hydrogens (tertiary/aromatic N) is 1. The molecule has 0 radical (unpaired) electrons. The molecule has 1 amide bonds. The van der Waals surface area contributed by atoms with Gasteiger partial charge in [0.15, 0.2) is 0 Å². The molecular formula is C9H18N2O. The first-order valence-corrected chi connectivity index (χ1v) is 4.45. The standard InChI is InChI=1S/C9H18N2O/c1-9(2,3)11-6-7(5-10)4-8(11)12/h7H,4-6,10H2,1-3H3/t7-/m0/s1. The number of amides is 1. The first-order valence-electron chi connectivity index (χ1n) is 4.45.